The van der Waals surface area contributed by atoms with E-state index in [0.717, 1.165) is 0 Å². The standard InChI is InChI=1S/C9H9ClFNO2/c10-5-1-2-7(11)6(3-5)8(12)4-9(13)14/h1-3,8H,4,12H2,(H,13,14). The van der Waals surface area contributed by atoms with Gasteiger partial charge in [-0.15, -0.1) is 0 Å². The molecule has 0 heterocycles. The third-order valence-corrected chi connectivity index (χ3v) is 1.99. The van der Waals surface area contributed by atoms with Crippen molar-refractivity contribution in [1.29, 1.82) is 0 Å². The van der Waals surface area contributed by atoms with Crippen molar-refractivity contribution in [3.63, 3.8) is 0 Å². The van der Waals surface area contributed by atoms with Gasteiger partial charge in [0.05, 0.1) is 6.42 Å². The molecule has 0 fully saturated rings. The van der Waals surface area contributed by atoms with Gasteiger partial charge in [0.25, 0.3) is 0 Å². The zero-order valence-electron chi connectivity index (χ0n) is 7.21. The van der Waals surface area contributed by atoms with Crippen molar-refractivity contribution in [3.05, 3.63) is 34.6 Å². The highest BCUT2D eigenvalue weighted by Gasteiger charge is 2.14. The predicted octanol–water partition coefficient (Wildman–Crippen LogP) is 1.95. The first kappa shape index (κ1) is 10.9. The van der Waals surface area contributed by atoms with Crippen LogP contribution in [0.2, 0.25) is 5.02 Å². The predicted molar refractivity (Wildman–Crippen MR) is 50.6 cm³/mol. The summed E-state index contributed by atoms with van der Waals surface area (Å²) in [5, 5.41) is 8.81. The summed E-state index contributed by atoms with van der Waals surface area (Å²) in [4.78, 5) is 10.3. The Bertz CT molecular complexity index is 357. The monoisotopic (exact) mass is 217 g/mol. The van der Waals surface area contributed by atoms with Gasteiger partial charge in [0.2, 0.25) is 0 Å². The van der Waals surface area contributed by atoms with Crippen LogP contribution in [0.3, 0.4) is 0 Å². The van der Waals surface area contributed by atoms with Gasteiger partial charge in [-0.1, -0.05) is 11.6 Å². The van der Waals surface area contributed by atoms with Crippen molar-refractivity contribution in [2.75, 3.05) is 0 Å². The molecule has 0 radical (unpaired) electrons. The second-order valence-corrected chi connectivity index (χ2v) is 3.31. The molecule has 0 aliphatic rings. The SMILES string of the molecule is NC(CC(=O)O)c1cc(Cl)ccc1F. The third kappa shape index (κ3) is 2.68. The average Bonchev–Trinajstić information content (AvgIpc) is 2.08. The molecule has 0 aromatic heterocycles. The highest BCUT2D eigenvalue weighted by Crippen LogP contribution is 2.21. The van der Waals surface area contributed by atoms with Crippen molar-refractivity contribution in [2.24, 2.45) is 5.73 Å². The van der Waals surface area contributed by atoms with Gasteiger partial charge in [0, 0.05) is 16.6 Å². The molecule has 0 saturated heterocycles. The minimum atomic E-state index is -1.07. The largest absolute Gasteiger partial charge is 0.481 e. The Morgan fingerprint density at radius 1 is 1.64 bits per heavy atom. The van der Waals surface area contributed by atoms with Crippen molar-refractivity contribution in [1.82, 2.24) is 0 Å². The van der Waals surface area contributed by atoms with Crippen LogP contribution in [0.15, 0.2) is 18.2 Å². The molecule has 76 valence electrons. The minimum Gasteiger partial charge on any atom is -0.481 e. The van der Waals surface area contributed by atoms with Gasteiger partial charge in [-0.3, -0.25) is 4.79 Å². The quantitative estimate of drug-likeness (QED) is 0.814. The molecule has 5 heteroatoms. The molecule has 0 saturated carbocycles. The molecule has 1 aromatic carbocycles. The van der Waals surface area contributed by atoms with Crippen LogP contribution >= 0.6 is 11.6 Å². The van der Waals surface area contributed by atoms with Gasteiger partial charge in [-0.25, -0.2) is 4.39 Å². The van der Waals surface area contributed by atoms with Crippen LogP contribution in [0.4, 0.5) is 4.39 Å². The molecule has 1 atom stereocenters. The first-order valence-electron chi connectivity index (χ1n) is 3.93. The van der Waals surface area contributed by atoms with Gasteiger partial charge in [-0.05, 0) is 18.2 Å². The first-order valence-corrected chi connectivity index (χ1v) is 4.31. The van der Waals surface area contributed by atoms with Crippen molar-refractivity contribution in [3.8, 4) is 0 Å². The molecule has 3 nitrogen and oxygen atoms in total. The fourth-order valence-corrected chi connectivity index (χ4v) is 1.28. The minimum absolute atomic E-state index is 0.125. The summed E-state index contributed by atoms with van der Waals surface area (Å²) in [5.41, 5.74) is 5.61. The lowest BCUT2D eigenvalue weighted by Gasteiger charge is -2.10. The molecule has 0 aliphatic carbocycles. The molecule has 0 aliphatic heterocycles. The Kier molecular flexibility index (Phi) is 3.43. The number of nitrogens with two attached hydrogens (primary N) is 1. The lowest BCUT2D eigenvalue weighted by molar-refractivity contribution is -0.137. The van der Waals surface area contributed by atoms with Crippen LogP contribution in [0.1, 0.15) is 18.0 Å². The molecule has 0 spiro atoms. The molecule has 0 bridgehead atoms. The number of benzene rings is 1. The van der Waals surface area contributed by atoms with E-state index in [1.807, 2.05) is 0 Å². The summed E-state index contributed by atoms with van der Waals surface area (Å²) in [7, 11) is 0. The molecule has 1 unspecified atom stereocenters. The van der Waals surface area contributed by atoms with Crippen LogP contribution in [0.5, 0.6) is 0 Å². The van der Waals surface area contributed by atoms with Crippen LogP contribution in [0, 0.1) is 5.82 Å². The average molecular weight is 218 g/mol. The lowest BCUT2D eigenvalue weighted by Crippen LogP contribution is -2.16. The van der Waals surface area contributed by atoms with Gasteiger partial charge in [0.15, 0.2) is 0 Å². The van der Waals surface area contributed by atoms with E-state index >= 15 is 0 Å². The van der Waals surface area contributed by atoms with Crippen LogP contribution in [-0.2, 0) is 4.79 Å². The van der Waals surface area contributed by atoms with Crippen LogP contribution in [-0.4, -0.2) is 11.1 Å². The Balaban J connectivity index is 2.93. The van der Waals surface area contributed by atoms with E-state index in [9.17, 15) is 9.18 Å². The maximum atomic E-state index is 13.1. The third-order valence-electron chi connectivity index (χ3n) is 1.75. The zero-order valence-corrected chi connectivity index (χ0v) is 7.96. The fraction of sp³-hybridized carbons (Fsp3) is 0.222. The van der Waals surface area contributed by atoms with Gasteiger partial charge in [-0.2, -0.15) is 0 Å². The van der Waals surface area contributed by atoms with E-state index in [1.54, 1.807) is 0 Å². The molecular formula is C9H9ClFNO2. The van der Waals surface area contributed by atoms with Gasteiger partial charge < -0.3 is 10.8 Å². The van der Waals surface area contributed by atoms with E-state index < -0.39 is 17.8 Å². The second kappa shape index (κ2) is 4.39. The number of rotatable bonds is 3. The number of hydrogen-bond acceptors (Lipinski definition) is 2. The highest BCUT2D eigenvalue weighted by atomic mass is 35.5. The maximum absolute atomic E-state index is 13.1. The molecule has 3 N–H and O–H groups in total. The Morgan fingerprint density at radius 3 is 2.86 bits per heavy atom. The van der Waals surface area contributed by atoms with Gasteiger partial charge >= 0.3 is 5.97 Å². The number of carboxylic acid groups (broad SMARTS) is 1. The van der Waals surface area contributed by atoms with Crippen molar-refractivity contribution >= 4 is 17.6 Å². The summed E-state index contributed by atoms with van der Waals surface area (Å²) in [6.45, 7) is 0. The smallest absolute Gasteiger partial charge is 0.305 e. The number of halogens is 2. The zero-order chi connectivity index (χ0) is 10.7. The summed E-state index contributed by atoms with van der Waals surface area (Å²) in [5.74, 6) is -1.61. The summed E-state index contributed by atoms with van der Waals surface area (Å²) in [6, 6.07) is 3.02. The highest BCUT2D eigenvalue weighted by molar-refractivity contribution is 6.30. The van der Waals surface area contributed by atoms with Crippen LogP contribution < -0.4 is 5.73 Å². The van der Waals surface area contributed by atoms with Crippen molar-refractivity contribution < 1.29 is 14.3 Å². The summed E-state index contributed by atoms with van der Waals surface area (Å²) in [6.07, 6.45) is -0.322. The molecule has 1 rings (SSSR count). The number of aliphatic carboxylic acids is 1. The van der Waals surface area contributed by atoms with E-state index in [1.165, 1.54) is 18.2 Å². The summed E-state index contributed by atoms with van der Waals surface area (Å²) >= 11 is 5.63. The second-order valence-electron chi connectivity index (χ2n) is 2.87. The number of carboxylic acids is 1. The van der Waals surface area contributed by atoms with E-state index in [4.69, 9.17) is 22.4 Å². The lowest BCUT2D eigenvalue weighted by atomic mass is 10.0. The van der Waals surface area contributed by atoms with Gasteiger partial charge in [0.1, 0.15) is 5.82 Å². The summed E-state index contributed by atoms with van der Waals surface area (Å²) < 4.78 is 13.1. The number of carbonyl (C=O) groups is 1. The first-order chi connectivity index (χ1) is 6.50. The molecule has 0 amide bonds. The van der Waals surface area contributed by atoms with Crippen molar-refractivity contribution in [2.45, 2.75) is 12.5 Å². The van der Waals surface area contributed by atoms with E-state index in [2.05, 4.69) is 0 Å². The van der Waals surface area contributed by atoms with E-state index in [-0.39, 0.29) is 12.0 Å². The maximum Gasteiger partial charge on any atom is 0.305 e. The Hall–Kier alpha value is -1.13. The van der Waals surface area contributed by atoms with Crippen LogP contribution in [0.25, 0.3) is 0 Å². The molecule has 1 aromatic rings. The molecular weight excluding hydrogens is 209 g/mol. The Morgan fingerprint density at radius 2 is 2.29 bits per heavy atom. The normalized spacial score (nSPS) is 12.5. The fourth-order valence-electron chi connectivity index (χ4n) is 1.10. The topological polar surface area (TPSA) is 63.3 Å². The Labute approximate surface area is 85.3 Å². The molecule has 14 heavy (non-hydrogen) atoms. The van der Waals surface area contributed by atoms with E-state index in [0.29, 0.717) is 5.02 Å². The number of hydrogen-bond donors (Lipinski definition) is 2.